The normalized spacial score (nSPS) is 17.8. The second kappa shape index (κ2) is 7.08. The van der Waals surface area contributed by atoms with Crippen LogP contribution in [0.15, 0.2) is 4.52 Å². The Hall–Kier alpha value is -0.840. The monoisotopic (exact) mass is 282 g/mol. The highest BCUT2D eigenvalue weighted by Gasteiger charge is 2.24. The van der Waals surface area contributed by atoms with E-state index in [0.29, 0.717) is 23.4 Å². The molecule has 1 saturated carbocycles. The van der Waals surface area contributed by atoms with Crippen LogP contribution in [-0.2, 0) is 17.0 Å². The zero-order valence-corrected chi connectivity index (χ0v) is 12.5. The van der Waals surface area contributed by atoms with Crippen molar-refractivity contribution in [1.82, 2.24) is 10.1 Å². The van der Waals surface area contributed by atoms with Crippen LogP contribution in [-0.4, -0.2) is 21.2 Å². The van der Waals surface area contributed by atoms with Crippen LogP contribution >= 0.6 is 11.8 Å². The van der Waals surface area contributed by atoms with Gasteiger partial charge in [-0.15, -0.1) is 0 Å². The lowest BCUT2D eigenvalue weighted by molar-refractivity contribution is -0.122. The van der Waals surface area contributed by atoms with E-state index in [1.54, 1.807) is 0 Å². The van der Waals surface area contributed by atoms with Crippen LogP contribution in [0.1, 0.15) is 57.7 Å². The zero-order chi connectivity index (χ0) is 13.7. The Morgan fingerprint density at radius 3 is 2.89 bits per heavy atom. The Balaban J connectivity index is 1.81. The summed E-state index contributed by atoms with van der Waals surface area (Å²) in [5.41, 5.74) is 0. The third-order valence-corrected chi connectivity index (χ3v) is 5.05. The molecule has 0 spiro atoms. The molecule has 5 heteroatoms. The molecule has 1 heterocycles. The summed E-state index contributed by atoms with van der Waals surface area (Å²) in [4.78, 5) is 16.3. The first-order valence-electron chi connectivity index (χ1n) is 7.14. The number of ketones is 1. The highest BCUT2D eigenvalue weighted by molar-refractivity contribution is 7.99. The topological polar surface area (TPSA) is 56.0 Å². The molecule has 106 valence electrons. The maximum Gasteiger partial charge on any atom is 0.234 e. The Morgan fingerprint density at radius 2 is 2.21 bits per heavy atom. The Labute approximate surface area is 118 Å². The summed E-state index contributed by atoms with van der Waals surface area (Å²) >= 11 is 1.82. The van der Waals surface area contributed by atoms with E-state index in [2.05, 4.69) is 24.0 Å². The third kappa shape index (κ3) is 4.34. The van der Waals surface area contributed by atoms with Gasteiger partial charge in [-0.25, -0.2) is 0 Å². The van der Waals surface area contributed by atoms with Gasteiger partial charge in [0.2, 0.25) is 5.89 Å². The predicted molar refractivity (Wildman–Crippen MR) is 76.0 cm³/mol. The van der Waals surface area contributed by atoms with E-state index in [-0.39, 0.29) is 11.7 Å². The van der Waals surface area contributed by atoms with Crippen molar-refractivity contribution in [3.63, 3.8) is 0 Å². The summed E-state index contributed by atoms with van der Waals surface area (Å²) in [7, 11) is 0. The molecule has 19 heavy (non-hydrogen) atoms. The standard InChI is InChI=1S/C14H22N2O2S/c1-3-10(2)19-9-13-15-14(18-16-13)8-12(17)11-6-4-5-7-11/h10-11H,3-9H2,1-2H3. The summed E-state index contributed by atoms with van der Waals surface area (Å²) in [5.74, 6) is 2.44. The van der Waals surface area contributed by atoms with Gasteiger partial charge in [-0.2, -0.15) is 16.7 Å². The minimum absolute atomic E-state index is 0.227. The summed E-state index contributed by atoms with van der Waals surface area (Å²) in [5, 5.41) is 4.54. The first kappa shape index (κ1) is 14.6. The molecule has 1 aromatic rings. The molecule has 4 nitrogen and oxygen atoms in total. The molecule has 0 bridgehead atoms. The molecule has 0 amide bonds. The largest absolute Gasteiger partial charge is 0.339 e. The maximum absolute atomic E-state index is 12.0. The number of hydrogen-bond donors (Lipinski definition) is 0. The number of Topliss-reactive ketones (excluding diaryl/α,β-unsaturated/α-hetero) is 1. The van der Waals surface area contributed by atoms with Crippen LogP contribution in [0.2, 0.25) is 0 Å². The van der Waals surface area contributed by atoms with Crippen molar-refractivity contribution in [3.05, 3.63) is 11.7 Å². The molecule has 0 aromatic carbocycles. The lowest BCUT2D eigenvalue weighted by Crippen LogP contribution is -2.13. The van der Waals surface area contributed by atoms with E-state index >= 15 is 0 Å². The zero-order valence-electron chi connectivity index (χ0n) is 11.7. The van der Waals surface area contributed by atoms with Gasteiger partial charge in [-0.1, -0.05) is 31.8 Å². The number of hydrogen-bond acceptors (Lipinski definition) is 5. The van der Waals surface area contributed by atoms with E-state index in [1.807, 2.05) is 11.8 Å². The fraction of sp³-hybridized carbons (Fsp3) is 0.786. The maximum atomic E-state index is 12.0. The van der Waals surface area contributed by atoms with Crippen LogP contribution in [0.4, 0.5) is 0 Å². The van der Waals surface area contributed by atoms with Crippen LogP contribution in [0.25, 0.3) is 0 Å². The molecule has 1 unspecified atom stereocenters. The molecule has 1 fully saturated rings. The van der Waals surface area contributed by atoms with Crippen LogP contribution in [0.5, 0.6) is 0 Å². The lowest BCUT2D eigenvalue weighted by Gasteiger charge is -2.04. The number of carbonyl (C=O) groups excluding carboxylic acids is 1. The van der Waals surface area contributed by atoms with Gasteiger partial charge in [-0.3, -0.25) is 4.79 Å². The highest BCUT2D eigenvalue weighted by Crippen LogP contribution is 2.26. The van der Waals surface area contributed by atoms with E-state index in [4.69, 9.17) is 4.52 Å². The van der Waals surface area contributed by atoms with Crippen molar-refractivity contribution in [2.45, 2.75) is 63.4 Å². The minimum atomic E-state index is 0.227. The fourth-order valence-electron chi connectivity index (χ4n) is 2.30. The molecule has 2 rings (SSSR count). The van der Waals surface area contributed by atoms with Crippen molar-refractivity contribution in [2.75, 3.05) is 0 Å². The van der Waals surface area contributed by atoms with Gasteiger partial charge in [0.05, 0.1) is 12.2 Å². The van der Waals surface area contributed by atoms with Gasteiger partial charge in [-0.05, 0) is 19.3 Å². The number of carbonyl (C=O) groups is 1. The van der Waals surface area contributed by atoms with Crippen molar-refractivity contribution in [1.29, 1.82) is 0 Å². The van der Waals surface area contributed by atoms with E-state index in [9.17, 15) is 4.79 Å². The Bertz CT molecular complexity index is 413. The number of nitrogens with zero attached hydrogens (tertiary/aromatic N) is 2. The van der Waals surface area contributed by atoms with Crippen molar-refractivity contribution in [3.8, 4) is 0 Å². The average molecular weight is 282 g/mol. The lowest BCUT2D eigenvalue weighted by atomic mass is 10.0. The third-order valence-electron chi connectivity index (χ3n) is 3.72. The summed E-state index contributed by atoms with van der Waals surface area (Å²) in [6.07, 6.45) is 5.86. The molecule has 1 aliphatic rings. The molecular formula is C14H22N2O2S. The highest BCUT2D eigenvalue weighted by atomic mass is 32.2. The van der Waals surface area contributed by atoms with Crippen LogP contribution < -0.4 is 0 Å². The first-order chi connectivity index (χ1) is 9.19. The van der Waals surface area contributed by atoms with Crippen molar-refractivity contribution in [2.24, 2.45) is 5.92 Å². The number of thioether (sulfide) groups is 1. The Kier molecular flexibility index (Phi) is 5.43. The molecular weight excluding hydrogens is 260 g/mol. The first-order valence-corrected chi connectivity index (χ1v) is 8.19. The summed E-state index contributed by atoms with van der Waals surface area (Å²) in [6, 6.07) is 0. The van der Waals surface area contributed by atoms with E-state index < -0.39 is 0 Å². The molecule has 0 N–H and O–H groups in total. The van der Waals surface area contributed by atoms with Gasteiger partial charge < -0.3 is 4.52 Å². The molecule has 0 aliphatic heterocycles. The molecule has 1 aromatic heterocycles. The smallest absolute Gasteiger partial charge is 0.234 e. The number of aromatic nitrogens is 2. The van der Waals surface area contributed by atoms with Gasteiger partial charge >= 0.3 is 0 Å². The molecule has 1 atom stereocenters. The summed E-state index contributed by atoms with van der Waals surface area (Å²) in [6.45, 7) is 4.36. The van der Waals surface area contributed by atoms with E-state index in [0.717, 1.165) is 25.0 Å². The molecule has 0 saturated heterocycles. The van der Waals surface area contributed by atoms with Gasteiger partial charge in [0.25, 0.3) is 0 Å². The van der Waals surface area contributed by atoms with Crippen molar-refractivity contribution < 1.29 is 9.32 Å². The van der Waals surface area contributed by atoms with Crippen LogP contribution in [0, 0.1) is 5.92 Å². The van der Waals surface area contributed by atoms with Gasteiger partial charge in [0.15, 0.2) is 5.82 Å². The summed E-state index contributed by atoms with van der Waals surface area (Å²) < 4.78 is 5.17. The second-order valence-electron chi connectivity index (χ2n) is 5.26. The SMILES string of the molecule is CCC(C)SCc1noc(CC(=O)C2CCCC2)n1. The minimum Gasteiger partial charge on any atom is -0.339 e. The number of rotatable bonds is 7. The molecule has 1 aliphatic carbocycles. The molecule has 0 radical (unpaired) electrons. The second-order valence-corrected chi connectivity index (χ2v) is 6.69. The average Bonchev–Trinajstić information content (AvgIpc) is 3.07. The predicted octanol–water partition coefficient (Wildman–Crippen LogP) is 3.40. The van der Waals surface area contributed by atoms with Gasteiger partial charge in [0, 0.05) is 11.2 Å². The van der Waals surface area contributed by atoms with E-state index in [1.165, 1.54) is 12.8 Å². The quantitative estimate of drug-likeness (QED) is 0.767. The van der Waals surface area contributed by atoms with Crippen molar-refractivity contribution >= 4 is 17.5 Å². The fourth-order valence-corrected chi connectivity index (χ4v) is 3.08. The van der Waals surface area contributed by atoms with Crippen LogP contribution in [0.3, 0.4) is 0 Å². The van der Waals surface area contributed by atoms with Gasteiger partial charge in [0.1, 0.15) is 5.78 Å². The Morgan fingerprint density at radius 1 is 1.47 bits per heavy atom.